The van der Waals surface area contributed by atoms with Gasteiger partial charge in [0.25, 0.3) is 0 Å². The number of halogens is 1. The lowest BCUT2D eigenvalue weighted by molar-refractivity contribution is 0.449. The molecule has 8 heteroatoms. The van der Waals surface area contributed by atoms with E-state index in [4.69, 9.17) is 11.6 Å². The van der Waals surface area contributed by atoms with Gasteiger partial charge in [-0.3, -0.25) is 4.98 Å². The van der Waals surface area contributed by atoms with Crippen LogP contribution in [0.1, 0.15) is 36.2 Å². The Morgan fingerprint density at radius 2 is 1.74 bits per heavy atom. The monoisotopic (exact) mass is 383 g/mol. The van der Waals surface area contributed by atoms with Crippen LogP contribution in [0.5, 0.6) is 0 Å². The number of nitrogens with zero attached hydrogens (tertiary/aromatic N) is 2. The van der Waals surface area contributed by atoms with Crippen molar-refractivity contribution < 1.29 is 0 Å². The summed E-state index contributed by atoms with van der Waals surface area (Å²) < 4.78 is 2.29. The fraction of sp³-hybridized carbons (Fsp3) is 0.316. The third kappa shape index (κ3) is 3.02. The van der Waals surface area contributed by atoms with E-state index in [9.17, 15) is 0 Å². The predicted octanol–water partition coefficient (Wildman–Crippen LogP) is 2.26. The molecule has 27 heavy (non-hydrogen) atoms. The van der Waals surface area contributed by atoms with Crippen molar-refractivity contribution in [3.05, 3.63) is 59.0 Å². The van der Waals surface area contributed by atoms with Crippen molar-refractivity contribution in [2.45, 2.75) is 24.9 Å². The highest BCUT2D eigenvalue weighted by atomic mass is 35.5. The number of rotatable bonds is 3. The molecule has 0 aliphatic carbocycles. The standard InChI is InChI=1S/C19H22ClN7/c20-13-1-3-14(4-2-13)27-16-11-22-10-7-15(16)17(12-5-8-21-9-6-12)18(27)19-23-25-26-24-19/h1-4,7,10-12,19,21,23-26H,5-6,8-9H2. The second-order valence-corrected chi connectivity index (χ2v) is 7.44. The highest BCUT2D eigenvalue weighted by Gasteiger charge is 2.31. The first-order chi connectivity index (χ1) is 13.3. The minimum atomic E-state index is -0.0713. The lowest BCUT2D eigenvalue weighted by atomic mass is 9.87. The van der Waals surface area contributed by atoms with Crippen LogP contribution in [0, 0.1) is 0 Å². The zero-order valence-corrected chi connectivity index (χ0v) is 15.6. The fourth-order valence-electron chi connectivity index (χ4n) is 4.26. The van der Waals surface area contributed by atoms with Crippen LogP contribution in [0.2, 0.25) is 5.02 Å². The van der Waals surface area contributed by atoms with Gasteiger partial charge in [-0.15, -0.1) is 0 Å². The summed E-state index contributed by atoms with van der Waals surface area (Å²) in [5, 5.41) is 5.47. The van der Waals surface area contributed by atoms with Gasteiger partial charge in [0.2, 0.25) is 0 Å². The molecule has 2 aliphatic rings. The summed E-state index contributed by atoms with van der Waals surface area (Å²) in [6.07, 6.45) is 6.02. The van der Waals surface area contributed by atoms with Crippen LogP contribution in [0.4, 0.5) is 0 Å². The van der Waals surface area contributed by atoms with Crippen LogP contribution in [0.25, 0.3) is 16.6 Å². The molecule has 3 aromatic rings. The predicted molar refractivity (Wildman–Crippen MR) is 106 cm³/mol. The highest BCUT2D eigenvalue weighted by molar-refractivity contribution is 6.30. The molecule has 5 N–H and O–H groups in total. The smallest absolute Gasteiger partial charge is 0.127 e. The molecule has 0 saturated carbocycles. The maximum Gasteiger partial charge on any atom is 0.127 e. The molecule has 0 atom stereocenters. The summed E-state index contributed by atoms with van der Waals surface area (Å²) >= 11 is 6.14. The zero-order valence-electron chi connectivity index (χ0n) is 14.8. The second-order valence-electron chi connectivity index (χ2n) is 7.00. The molecule has 0 amide bonds. The first kappa shape index (κ1) is 17.1. The first-order valence-electron chi connectivity index (χ1n) is 9.29. The van der Waals surface area contributed by atoms with Gasteiger partial charge in [0, 0.05) is 22.3 Å². The van der Waals surface area contributed by atoms with E-state index in [1.807, 2.05) is 24.5 Å². The van der Waals surface area contributed by atoms with Gasteiger partial charge in [0.15, 0.2) is 0 Å². The van der Waals surface area contributed by atoms with Crippen LogP contribution >= 0.6 is 11.6 Å². The van der Waals surface area contributed by atoms with E-state index in [1.165, 1.54) is 16.6 Å². The maximum absolute atomic E-state index is 6.14. The number of hydrazine groups is 3. The van der Waals surface area contributed by atoms with Crippen molar-refractivity contribution in [1.29, 1.82) is 0 Å². The van der Waals surface area contributed by atoms with Crippen molar-refractivity contribution in [1.82, 2.24) is 36.8 Å². The van der Waals surface area contributed by atoms with Crippen LogP contribution in [-0.4, -0.2) is 22.6 Å². The van der Waals surface area contributed by atoms with E-state index in [0.717, 1.165) is 42.2 Å². The molecule has 0 spiro atoms. The summed E-state index contributed by atoms with van der Waals surface area (Å²) in [6, 6.07) is 10.1. The van der Waals surface area contributed by atoms with Gasteiger partial charge in [-0.2, -0.15) is 11.1 Å². The third-order valence-electron chi connectivity index (χ3n) is 5.45. The van der Waals surface area contributed by atoms with Gasteiger partial charge < -0.3 is 9.88 Å². The number of fused-ring (bicyclic) bond motifs is 1. The van der Waals surface area contributed by atoms with E-state index in [-0.39, 0.29) is 6.17 Å². The Morgan fingerprint density at radius 1 is 1.00 bits per heavy atom. The van der Waals surface area contributed by atoms with Gasteiger partial charge in [-0.25, -0.2) is 10.9 Å². The van der Waals surface area contributed by atoms with Crippen molar-refractivity contribution in [2.75, 3.05) is 13.1 Å². The summed E-state index contributed by atoms with van der Waals surface area (Å²) in [6.45, 7) is 2.09. The van der Waals surface area contributed by atoms with E-state index in [0.29, 0.717) is 5.92 Å². The number of nitrogens with one attached hydrogen (secondary N) is 5. The summed E-state index contributed by atoms with van der Waals surface area (Å²) in [5.41, 5.74) is 17.2. The average molecular weight is 384 g/mol. The molecule has 2 saturated heterocycles. The minimum absolute atomic E-state index is 0.0713. The van der Waals surface area contributed by atoms with Crippen LogP contribution in [0.3, 0.4) is 0 Å². The number of hydrogen-bond donors (Lipinski definition) is 5. The SMILES string of the molecule is Clc1ccc(-n2c(C3NNNN3)c(C3CCNCC3)c3ccncc32)cc1. The number of aromatic nitrogens is 2. The zero-order chi connectivity index (χ0) is 18.2. The van der Waals surface area contributed by atoms with E-state index in [2.05, 4.69) is 55.0 Å². The molecule has 140 valence electrons. The molecule has 2 aromatic heterocycles. The van der Waals surface area contributed by atoms with Crippen LogP contribution in [-0.2, 0) is 0 Å². The number of hydrogen-bond acceptors (Lipinski definition) is 6. The molecule has 0 bridgehead atoms. The quantitative estimate of drug-likeness (QED) is 0.477. The van der Waals surface area contributed by atoms with Crippen molar-refractivity contribution in [2.24, 2.45) is 0 Å². The minimum Gasteiger partial charge on any atom is -0.317 e. The number of pyridine rings is 1. The first-order valence-corrected chi connectivity index (χ1v) is 9.66. The Labute approximate surface area is 162 Å². The van der Waals surface area contributed by atoms with Crippen molar-refractivity contribution >= 4 is 22.5 Å². The Kier molecular flexibility index (Phi) is 4.56. The summed E-state index contributed by atoms with van der Waals surface area (Å²) in [4.78, 5) is 4.41. The largest absolute Gasteiger partial charge is 0.317 e. The fourth-order valence-corrected chi connectivity index (χ4v) is 4.39. The summed E-state index contributed by atoms with van der Waals surface area (Å²) in [7, 11) is 0. The van der Waals surface area contributed by atoms with Crippen LogP contribution in [0.15, 0.2) is 42.7 Å². The average Bonchev–Trinajstić information content (AvgIpc) is 3.35. The molecule has 2 aliphatic heterocycles. The van der Waals surface area contributed by atoms with Gasteiger partial charge in [0.1, 0.15) is 6.17 Å². The van der Waals surface area contributed by atoms with Crippen molar-refractivity contribution in [3.63, 3.8) is 0 Å². The molecular weight excluding hydrogens is 362 g/mol. The van der Waals surface area contributed by atoms with Gasteiger partial charge >= 0.3 is 0 Å². The molecule has 7 nitrogen and oxygen atoms in total. The number of benzene rings is 1. The Balaban J connectivity index is 1.79. The van der Waals surface area contributed by atoms with Gasteiger partial charge in [-0.1, -0.05) is 11.6 Å². The lowest BCUT2D eigenvalue weighted by Gasteiger charge is -2.26. The van der Waals surface area contributed by atoms with E-state index in [1.54, 1.807) is 0 Å². The molecule has 0 unspecified atom stereocenters. The van der Waals surface area contributed by atoms with Gasteiger partial charge in [-0.05, 0) is 67.7 Å². The highest BCUT2D eigenvalue weighted by Crippen LogP contribution is 2.40. The molecular formula is C19H22ClN7. The maximum atomic E-state index is 6.14. The Hall–Kier alpha value is -2.00. The number of piperidine rings is 1. The van der Waals surface area contributed by atoms with Crippen LogP contribution < -0.4 is 27.2 Å². The lowest BCUT2D eigenvalue weighted by Crippen LogP contribution is -2.33. The Bertz CT molecular complexity index is 941. The molecule has 4 heterocycles. The normalized spacial score (nSPS) is 19.1. The molecule has 2 fully saturated rings. The summed E-state index contributed by atoms with van der Waals surface area (Å²) in [5.74, 6) is 0.504. The third-order valence-corrected chi connectivity index (χ3v) is 5.70. The Morgan fingerprint density at radius 3 is 2.48 bits per heavy atom. The molecule has 0 radical (unpaired) electrons. The van der Waals surface area contributed by atoms with E-state index < -0.39 is 0 Å². The molecule has 5 rings (SSSR count). The topological polar surface area (TPSA) is 78.0 Å². The second kappa shape index (κ2) is 7.20. The van der Waals surface area contributed by atoms with E-state index >= 15 is 0 Å². The van der Waals surface area contributed by atoms with Crippen molar-refractivity contribution in [3.8, 4) is 5.69 Å². The molecule has 1 aromatic carbocycles. The van der Waals surface area contributed by atoms with Gasteiger partial charge in [0.05, 0.1) is 17.4 Å².